The van der Waals surface area contributed by atoms with E-state index in [1.54, 1.807) is 0 Å². The molecule has 0 amide bonds. The van der Waals surface area contributed by atoms with Gasteiger partial charge in [0.15, 0.2) is 12.6 Å². The molecule has 1 aromatic rings. The molecule has 0 atom stereocenters. The monoisotopic (exact) mass is 203 g/mol. The number of hydrogen-bond donors (Lipinski definition) is 0. The second-order valence-electron chi connectivity index (χ2n) is 2.54. The van der Waals surface area contributed by atoms with Gasteiger partial charge in [-0.1, -0.05) is 5.92 Å². The fourth-order valence-electron chi connectivity index (χ4n) is 0.992. The molecule has 1 aromatic carbocycles. The van der Waals surface area contributed by atoms with Gasteiger partial charge in [0.05, 0.1) is 10.5 Å². The van der Waals surface area contributed by atoms with Crippen molar-refractivity contribution in [1.29, 1.82) is 0 Å². The lowest BCUT2D eigenvalue weighted by atomic mass is 10.1. The first-order chi connectivity index (χ1) is 7.19. The van der Waals surface area contributed by atoms with Gasteiger partial charge in [-0.15, -0.1) is 0 Å². The first-order valence-corrected chi connectivity index (χ1v) is 3.88. The van der Waals surface area contributed by atoms with Crippen LogP contribution in [0.5, 0.6) is 0 Å². The molecule has 0 bridgehead atoms. The summed E-state index contributed by atoms with van der Waals surface area (Å²) >= 11 is 0. The lowest BCUT2D eigenvalue weighted by Gasteiger charge is -1.95. The molecule has 1 rings (SSSR count). The summed E-state index contributed by atoms with van der Waals surface area (Å²) in [5, 5.41) is 10.5. The van der Waals surface area contributed by atoms with E-state index >= 15 is 0 Å². The molecule has 0 aliphatic rings. The van der Waals surface area contributed by atoms with Crippen LogP contribution in [0.25, 0.3) is 0 Å². The Morgan fingerprint density at radius 3 is 2.60 bits per heavy atom. The summed E-state index contributed by atoms with van der Waals surface area (Å²) in [5.74, 6) is 4.53. The van der Waals surface area contributed by atoms with Crippen molar-refractivity contribution in [3.05, 3.63) is 39.4 Å². The number of aldehydes is 2. The van der Waals surface area contributed by atoms with E-state index in [4.69, 9.17) is 0 Å². The zero-order chi connectivity index (χ0) is 11.3. The maximum absolute atomic E-state index is 10.5. The molecule has 0 saturated heterocycles. The number of nitro groups is 1. The second kappa shape index (κ2) is 4.67. The van der Waals surface area contributed by atoms with E-state index in [0.717, 1.165) is 6.07 Å². The van der Waals surface area contributed by atoms with Gasteiger partial charge in [0.1, 0.15) is 0 Å². The van der Waals surface area contributed by atoms with Crippen LogP contribution in [0.1, 0.15) is 15.9 Å². The minimum absolute atomic E-state index is 0.0170. The molecular formula is C10H5NO4. The van der Waals surface area contributed by atoms with Gasteiger partial charge in [-0.3, -0.25) is 19.7 Å². The summed E-state index contributed by atoms with van der Waals surface area (Å²) in [6, 6.07) is 3.88. The molecule has 0 aromatic heterocycles. The van der Waals surface area contributed by atoms with Crippen LogP contribution >= 0.6 is 0 Å². The maximum atomic E-state index is 10.5. The highest BCUT2D eigenvalue weighted by atomic mass is 16.6. The second-order valence-corrected chi connectivity index (χ2v) is 2.54. The molecule has 0 radical (unpaired) electrons. The summed E-state index contributed by atoms with van der Waals surface area (Å²) in [5.41, 5.74) is -0.0150. The molecule has 0 saturated carbocycles. The predicted molar refractivity (Wildman–Crippen MR) is 51.4 cm³/mol. The minimum atomic E-state index is -0.671. The van der Waals surface area contributed by atoms with Crippen molar-refractivity contribution in [1.82, 2.24) is 0 Å². The predicted octanol–water partition coefficient (Wildman–Crippen LogP) is 0.958. The van der Waals surface area contributed by atoms with Gasteiger partial charge in [-0.25, -0.2) is 0 Å². The maximum Gasteiger partial charge on any atom is 0.281 e. The van der Waals surface area contributed by atoms with Crippen molar-refractivity contribution in [3.8, 4) is 11.8 Å². The van der Waals surface area contributed by atoms with Gasteiger partial charge < -0.3 is 0 Å². The summed E-state index contributed by atoms with van der Waals surface area (Å²) < 4.78 is 0. The van der Waals surface area contributed by atoms with E-state index in [0.29, 0.717) is 18.1 Å². The van der Waals surface area contributed by atoms with E-state index in [9.17, 15) is 19.7 Å². The van der Waals surface area contributed by atoms with Gasteiger partial charge in [0.25, 0.3) is 5.69 Å². The Morgan fingerprint density at radius 2 is 2.07 bits per heavy atom. The number of benzene rings is 1. The van der Waals surface area contributed by atoms with Gasteiger partial charge in [0, 0.05) is 11.6 Å². The van der Waals surface area contributed by atoms with E-state index in [2.05, 4.69) is 11.8 Å². The third kappa shape index (κ3) is 2.48. The third-order valence-electron chi connectivity index (χ3n) is 1.63. The molecule has 5 nitrogen and oxygen atoms in total. The Kier molecular flexibility index (Phi) is 3.30. The Hall–Kier alpha value is -2.48. The third-order valence-corrected chi connectivity index (χ3v) is 1.63. The molecule has 0 aliphatic carbocycles. The Bertz CT molecular complexity index is 482. The number of carbonyl (C=O) groups excluding carboxylic acids is 2. The zero-order valence-electron chi connectivity index (χ0n) is 7.47. The molecule has 5 heteroatoms. The number of carbonyl (C=O) groups is 2. The van der Waals surface area contributed by atoms with Crippen molar-refractivity contribution in [2.24, 2.45) is 0 Å². The average Bonchev–Trinajstić information content (AvgIpc) is 2.25. The van der Waals surface area contributed by atoms with Crippen LogP contribution in [0.15, 0.2) is 18.2 Å². The summed E-state index contributed by atoms with van der Waals surface area (Å²) in [6.45, 7) is 0. The Labute approximate surface area is 84.9 Å². The SMILES string of the molecule is O=CC#Cc1ccc(C=O)c([N+](=O)[O-])c1. The lowest BCUT2D eigenvalue weighted by Crippen LogP contribution is -1.94. The normalized spacial score (nSPS) is 8.53. The molecule has 0 aliphatic heterocycles. The fourth-order valence-corrected chi connectivity index (χ4v) is 0.992. The van der Waals surface area contributed by atoms with Crippen molar-refractivity contribution < 1.29 is 14.5 Å². The summed E-state index contributed by atoms with van der Waals surface area (Å²) in [7, 11) is 0. The molecule has 74 valence electrons. The van der Waals surface area contributed by atoms with E-state index < -0.39 is 4.92 Å². The van der Waals surface area contributed by atoms with Gasteiger partial charge in [-0.05, 0) is 18.1 Å². The zero-order valence-corrected chi connectivity index (χ0v) is 7.47. The van der Waals surface area contributed by atoms with Crippen LogP contribution in [0.4, 0.5) is 5.69 Å². The highest BCUT2D eigenvalue weighted by molar-refractivity contribution is 5.82. The van der Waals surface area contributed by atoms with E-state index in [1.165, 1.54) is 12.1 Å². The first kappa shape index (κ1) is 10.6. The molecule has 0 heterocycles. The molecule has 0 spiro atoms. The summed E-state index contributed by atoms with van der Waals surface area (Å²) in [4.78, 5) is 30.3. The molecule has 0 N–H and O–H groups in total. The van der Waals surface area contributed by atoms with Crippen molar-refractivity contribution >= 4 is 18.3 Å². The lowest BCUT2D eigenvalue weighted by molar-refractivity contribution is -0.385. The largest absolute Gasteiger partial charge is 0.298 e. The van der Waals surface area contributed by atoms with Crippen LogP contribution in [0, 0.1) is 22.0 Å². The molecule has 15 heavy (non-hydrogen) atoms. The Morgan fingerprint density at radius 1 is 1.33 bits per heavy atom. The van der Waals surface area contributed by atoms with Crippen LogP contribution < -0.4 is 0 Å². The smallest absolute Gasteiger partial charge is 0.281 e. The first-order valence-electron chi connectivity index (χ1n) is 3.88. The Balaban J connectivity index is 3.27. The molecule has 0 unspecified atom stereocenters. The standard InChI is InChI=1S/C10H5NO4/c12-5-1-2-8-3-4-9(7-13)10(6-8)11(14)15/h3-7H. The van der Waals surface area contributed by atoms with Crippen molar-refractivity contribution in [2.45, 2.75) is 0 Å². The molecule has 0 fully saturated rings. The number of rotatable bonds is 2. The van der Waals surface area contributed by atoms with Gasteiger partial charge in [0.2, 0.25) is 0 Å². The van der Waals surface area contributed by atoms with E-state index in [1.807, 2.05) is 0 Å². The fraction of sp³-hybridized carbons (Fsp3) is 0. The highest BCUT2D eigenvalue weighted by Gasteiger charge is 2.12. The van der Waals surface area contributed by atoms with E-state index in [-0.39, 0.29) is 11.3 Å². The van der Waals surface area contributed by atoms with Crippen LogP contribution in [0.3, 0.4) is 0 Å². The number of hydrogen-bond acceptors (Lipinski definition) is 4. The van der Waals surface area contributed by atoms with Gasteiger partial charge >= 0.3 is 0 Å². The molecular weight excluding hydrogens is 198 g/mol. The van der Waals surface area contributed by atoms with Crippen LogP contribution in [-0.4, -0.2) is 17.5 Å². The van der Waals surface area contributed by atoms with Crippen LogP contribution in [0.2, 0.25) is 0 Å². The number of nitrogens with zero attached hydrogens (tertiary/aromatic N) is 1. The van der Waals surface area contributed by atoms with Crippen molar-refractivity contribution in [3.63, 3.8) is 0 Å². The highest BCUT2D eigenvalue weighted by Crippen LogP contribution is 2.17. The van der Waals surface area contributed by atoms with Gasteiger partial charge in [-0.2, -0.15) is 0 Å². The number of nitro benzene ring substituents is 1. The summed E-state index contributed by atoms with van der Waals surface area (Å²) in [6.07, 6.45) is 0.786. The topological polar surface area (TPSA) is 77.3 Å². The van der Waals surface area contributed by atoms with Crippen LogP contribution in [-0.2, 0) is 4.79 Å². The quantitative estimate of drug-likeness (QED) is 0.310. The van der Waals surface area contributed by atoms with Crippen molar-refractivity contribution in [2.75, 3.05) is 0 Å². The average molecular weight is 203 g/mol. The minimum Gasteiger partial charge on any atom is -0.298 e.